The molecule has 0 radical (unpaired) electrons. The van der Waals surface area contributed by atoms with Gasteiger partial charge in [-0.1, -0.05) is 24.3 Å². The van der Waals surface area contributed by atoms with Gasteiger partial charge in [0.2, 0.25) is 11.7 Å². The number of aliphatic hydroxyl groups is 2. The lowest BCUT2D eigenvalue weighted by Crippen LogP contribution is -2.33. The van der Waals surface area contributed by atoms with E-state index in [1.807, 2.05) is 0 Å². The number of furan rings is 1. The maximum atomic E-state index is 10.8. The molecule has 21 heavy (non-hydrogen) atoms. The first-order valence-electron chi connectivity index (χ1n) is 5.99. The highest BCUT2D eigenvalue weighted by Crippen LogP contribution is 2.25. The Hall–Kier alpha value is -2.64. The molecule has 0 aliphatic rings. The highest BCUT2D eigenvalue weighted by molar-refractivity contribution is 5.85. The number of hydrogen-bond acceptors (Lipinski definition) is 5. The summed E-state index contributed by atoms with van der Waals surface area (Å²) < 4.78 is 5.13. The van der Waals surface area contributed by atoms with Crippen molar-refractivity contribution in [2.45, 2.75) is 12.2 Å². The van der Waals surface area contributed by atoms with Gasteiger partial charge in [-0.25, -0.2) is 4.79 Å². The molecule has 0 fully saturated rings. The zero-order chi connectivity index (χ0) is 15.6. The minimum Gasteiger partial charge on any atom is -0.475 e. The number of aliphatic hydroxyl groups excluding tert-OH is 2. The van der Waals surface area contributed by atoms with E-state index in [9.17, 15) is 19.8 Å². The number of amides is 1. The van der Waals surface area contributed by atoms with Crippen molar-refractivity contribution < 1.29 is 29.3 Å². The van der Waals surface area contributed by atoms with Gasteiger partial charge in [-0.15, -0.1) is 0 Å². The van der Waals surface area contributed by atoms with Crippen LogP contribution in [0.1, 0.15) is 22.2 Å². The number of hydrogen-bond donors (Lipinski definition) is 4. The first-order valence-corrected chi connectivity index (χ1v) is 5.99. The van der Waals surface area contributed by atoms with Crippen molar-refractivity contribution >= 4 is 11.9 Å². The fourth-order valence-corrected chi connectivity index (χ4v) is 1.79. The number of carbonyl (C=O) groups excluding carboxylic acids is 1. The normalized spacial score (nSPS) is 13.6. The molecule has 0 saturated heterocycles. The Morgan fingerprint density at radius 2 is 1.67 bits per heavy atom. The fraction of sp³-hybridized carbons (Fsp3) is 0.143. The van der Waals surface area contributed by atoms with Crippen LogP contribution in [-0.2, 0) is 4.79 Å². The van der Waals surface area contributed by atoms with Crippen molar-refractivity contribution in [1.82, 2.24) is 0 Å². The van der Waals surface area contributed by atoms with Gasteiger partial charge in [0.1, 0.15) is 11.9 Å². The van der Waals surface area contributed by atoms with Gasteiger partial charge in [0.05, 0.1) is 0 Å². The Balaban J connectivity index is 2.22. The summed E-state index contributed by atoms with van der Waals surface area (Å²) in [5.41, 5.74) is 5.80. The first kappa shape index (κ1) is 14.8. The van der Waals surface area contributed by atoms with Gasteiger partial charge in [-0.2, -0.15) is 0 Å². The predicted molar refractivity (Wildman–Crippen MR) is 71.3 cm³/mol. The lowest BCUT2D eigenvalue weighted by Gasteiger charge is -2.15. The van der Waals surface area contributed by atoms with Crippen molar-refractivity contribution in [3.63, 3.8) is 0 Å². The van der Waals surface area contributed by atoms with E-state index in [0.717, 1.165) is 0 Å². The molecular weight excluding hydrogens is 278 g/mol. The molecule has 1 amide bonds. The molecule has 0 spiro atoms. The van der Waals surface area contributed by atoms with Gasteiger partial charge in [0, 0.05) is 5.56 Å². The van der Waals surface area contributed by atoms with Crippen LogP contribution in [0.25, 0.3) is 11.3 Å². The third kappa shape index (κ3) is 3.10. The lowest BCUT2D eigenvalue weighted by molar-refractivity contribution is -0.131. The smallest absolute Gasteiger partial charge is 0.371 e. The fourth-order valence-electron chi connectivity index (χ4n) is 1.79. The monoisotopic (exact) mass is 291 g/mol. The van der Waals surface area contributed by atoms with E-state index in [2.05, 4.69) is 0 Å². The average Bonchev–Trinajstić information content (AvgIpc) is 2.96. The molecule has 1 heterocycles. The minimum atomic E-state index is -1.70. The number of benzene rings is 1. The molecule has 2 atom stereocenters. The zero-order valence-corrected chi connectivity index (χ0v) is 10.8. The van der Waals surface area contributed by atoms with E-state index in [0.29, 0.717) is 16.9 Å². The second-order valence-corrected chi connectivity index (χ2v) is 4.38. The van der Waals surface area contributed by atoms with Crippen LogP contribution in [0.4, 0.5) is 0 Å². The van der Waals surface area contributed by atoms with Gasteiger partial charge in [0.25, 0.3) is 0 Å². The minimum absolute atomic E-state index is 0.182. The number of carboxylic acids is 1. The summed E-state index contributed by atoms with van der Waals surface area (Å²) in [6.07, 6.45) is -3.12. The molecule has 1 aromatic carbocycles. The van der Waals surface area contributed by atoms with Crippen molar-refractivity contribution in [1.29, 1.82) is 0 Å². The average molecular weight is 291 g/mol. The number of nitrogens with two attached hydrogens (primary N) is 1. The SMILES string of the molecule is NC(=O)C(O)C(O)c1ccc(-c2ccc(C(=O)O)o2)cc1. The van der Waals surface area contributed by atoms with Crippen LogP contribution in [0.2, 0.25) is 0 Å². The summed E-state index contributed by atoms with van der Waals surface area (Å²) in [6, 6.07) is 8.93. The Labute approximate surface area is 119 Å². The van der Waals surface area contributed by atoms with E-state index in [-0.39, 0.29) is 5.76 Å². The maximum absolute atomic E-state index is 10.8. The number of rotatable bonds is 5. The Morgan fingerprint density at radius 1 is 1.05 bits per heavy atom. The standard InChI is InChI=1S/C14H13NO6/c15-13(18)12(17)11(16)8-3-1-7(2-4-8)9-5-6-10(21-9)14(19)20/h1-6,11-12,16-17H,(H2,15,18)(H,19,20). The number of primary amides is 1. The molecule has 7 heteroatoms. The lowest BCUT2D eigenvalue weighted by atomic mass is 10.0. The summed E-state index contributed by atoms with van der Waals surface area (Å²) in [6.45, 7) is 0. The van der Waals surface area contributed by atoms with Crippen molar-refractivity contribution in [2.75, 3.05) is 0 Å². The van der Waals surface area contributed by atoms with Crippen LogP contribution in [0, 0.1) is 0 Å². The quantitative estimate of drug-likeness (QED) is 0.634. The Kier molecular flexibility index (Phi) is 4.06. The largest absolute Gasteiger partial charge is 0.475 e. The highest BCUT2D eigenvalue weighted by Gasteiger charge is 2.23. The number of carbonyl (C=O) groups is 2. The summed E-state index contributed by atoms with van der Waals surface area (Å²) in [7, 11) is 0. The molecular formula is C14H13NO6. The molecule has 110 valence electrons. The summed E-state index contributed by atoms with van der Waals surface area (Å²) in [5, 5.41) is 27.9. The van der Waals surface area contributed by atoms with Gasteiger partial charge in [-0.05, 0) is 17.7 Å². The molecule has 7 nitrogen and oxygen atoms in total. The highest BCUT2D eigenvalue weighted by atomic mass is 16.4. The number of aromatic carboxylic acids is 1. The van der Waals surface area contributed by atoms with Crippen LogP contribution in [-0.4, -0.2) is 33.3 Å². The summed E-state index contributed by atoms with van der Waals surface area (Å²) >= 11 is 0. The molecule has 2 unspecified atom stereocenters. The maximum Gasteiger partial charge on any atom is 0.371 e. The summed E-state index contributed by atoms with van der Waals surface area (Å²) in [4.78, 5) is 21.5. The van der Waals surface area contributed by atoms with Gasteiger partial charge in [-0.3, -0.25) is 4.79 Å². The number of carboxylic acid groups (broad SMARTS) is 1. The molecule has 2 rings (SSSR count). The van der Waals surface area contributed by atoms with Crippen LogP contribution >= 0.6 is 0 Å². The Bertz CT molecular complexity index is 660. The van der Waals surface area contributed by atoms with Crippen LogP contribution in [0.3, 0.4) is 0 Å². The van der Waals surface area contributed by atoms with Crippen LogP contribution in [0.5, 0.6) is 0 Å². The third-order valence-corrected chi connectivity index (χ3v) is 2.94. The van der Waals surface area contributed by atoms with E-state index in [1.165, 1.54) is 24.3 Å². The van der Waals surface area contributed by atoms with E-state index in [1.54, 1.807) is 12.1 Å². The third-order valence-electron chi connectivity index (χ3n) is 2.94. The summed E-state index contributed by atoms with van der Waals surface area (Å²) in [5.74, 6) is -2.02. The van der Waals surface area contributed by atoms with E-state index in [4.69, 9.17) is 15.3 Å². The van der Waals surface area contributed by atoms with E-state index < -0.39 is 24.1 Å². The zero-order valence-electron chi connectivity index (χ0n) is 10.8. The topological polar surface area (TPSA) is 134 Å². The van der Waals surface area contributed by atoms with Gasteiger partial charge >= 0.3 is 5.97 Å². The Morgan fingerprint density at radius 3 is 2.14 bits per heavy atom. The molecule has 1 aromatic heterocycles. The molecule has 0 saturated carbocycles. The molecule has 0 aliphatic heterocycles. The van der Waals surface area contributed by atoms with Crippen molar-refractivity contribution in [3.8, 4) is 11.3 Å². The van der Waals surface area contributed by atoms with Gasteiger partial charge in [0.15, 0.2) is 6.10 Å². The second-order valence-electron chi connectivity index (χ2n) is 4.38. The van der Waals surface area contributed by atoms with Crippen LogP contribution in [0.15, 0.2) is 40.8 Å². The predicted octanol–water partition coefficient (Wildman–Crippen LogP) is 0.524. The van der Waals surface area contributed by atoms with Crippen LogP contribution < -0.4 is 5.73 Å². The van der Waals surface area contributed by atoms with Crippen molar-refractivity contribution in [3.05, 3.63) is 47.7 Å². The first-order chi connectivity index (χ1) is 9.90. The van der Waals surface area contributed by atoms with Gasteiger partial charge < -0.3 is 25.5 Å². The van der Waals surface area contributed by atoms with Crippen molar-refractivity contribution in [2.24, 2.45) is 5.73 Å². The van der Waals surface area contributed by atoms with E-state index >= 15 is 0 Å². The molecule has 0 bridgehead atoms. The molecule has 2 aromatic rings. The molecule has 0 aliphatic carbocycles. The molecule has 5 N–H and O–H groups in total. The second kappa shape index (κ2) is 5.78.